The van der Waals surface area contributed by atoms with Crippen LogP contribution in [0.2, 0.25) is 10.2 Å². The summed E-state index contributed by atoms with van der Waals surface area (Å²) in [6.45, 7) is 2.10. The van der Waals surface area contributed by atoms with E-state index in [1.54, 1.807) is 18.3 Å². The van der Waals surface area contributed by atoms with E-state index in [9.17, 15) is 9.18 Å². The monoisotopic (exact) mass is 410 g/mol. The van der Waals surface area contributed by atoms with Gasteiger partial charge >= 0.3 is 0 Å². The minimum absolute atomic E-state index is 0.00282. The number of hydrogen-bond donors (Lipinski definition) is 1. The van der Waals surface area contributed by atoms with E-state index in [4.69, 9.17) is 32.7 Å². The molecule has 142 valence electrons. The number of carbonyl (C=O) groups excluding carboxylic acids is 1. The molecule has 1 amide bonds. The lowest BCUT2D eigenvalue weighted by Gasteiger charge is -2.37. The van der Waals surface area contributed by atoms with Crippen LogP contribution in [0.4, 0.5) is 4.39 Å². The second kappa shape index (κ2) is 8.15. The normalized spacial score (nSPS) is 18.3. The van der Waals surface area contributed by atoms with E-state index in [-0.39, 0.29) is 23.3 Å². The molecule has 27 heavy (non-hydrogen) atoms. The van der Waals surface area contributed by atoms with Crippen LogP contribution in [0.3, 0.4) is 0 Å². The molecule has 8 heteroatoms. The van der Waals surface area contributed by atoms with Gasteiger partial charge in [-0.15, -0.1) is 0 Å². The van der Waals surface area contributed by atoms with E-state index in [0.717, 1.165) is 11.6 Å². The number of benzene rings is 1. The zero-order valence-electron chi connectivity index (χ0n) is 14.5. The zero-order chi connectivity index (χ0) is 19.4. The molecule has 0 bridgehead atoms. The topological polar surface area (TPSA) is 60.5 Å². The molecule has 1 atom stereocenters. The Bertz CT molecular complexity index is 874. The largest absolute Gasteiger partial charge is 0.488 e. The number of halogens is 3. The molecule has 1 heterocycles. The molecule has 0 radical (unpaired) electrons. The van der Waals surface area contributed by atoms with Gasteiger partial charge in [-0.2, -0.15) is 0 Å². The number of nitrogens with zero attached hydrogens (tertiary/aromatic N) is 1. The van der Waals surface area contributed by atoms with E-state index >= 15 is 0 Å². The summed E-state index contributed by atoms with van der Waals surface area (Å²) in [5.41, 5.74) is 0.608. The summed E-state index contributed by atoms with van der Waals surface area (Å²) < 4.78 is 24.3. The number of ether oxygens (including phenoxy) is 2. The van der Waals surface area contributed by atoms with Crippen LogP contribution in [0.25, 0.3) is 0 Å². The van der Waals surface area contributed by atoms with E-state index < -0.39 is 11.4 Å². The fourth-order valence-electron chi connectivity index (χ4n) is 2.76. The highest BCUT2D eigenvalue weighted by Crippen LogP contribution is 2.30. The third-order valence-corrected chi connectivity index (χ3v) is 4.46. The van der Waals surface area contributed by atoms with Crippen molar-refractivity contribution in [3.05, 3.63) is 64.2 Å². The zero-order valence-corrected chi connectivity index (χ0v) is 16.0. The summed E-state index contributed by atoms with van der Waals surface area (Å²) in [4.78, 5) is 16.0. The van der Waals surface area contributed by atoms with Crippen LogP contribution in [-0.2, 0) is 4.79 Å². The smallest absolute Gasteiger partial charge is 0.258 e. The first-order chi connectivity index (χ1) is 12.8. The maximum Gasteiger partial charge on any atom is 0.258 e. The van der Waals surface area contributed by atoms with E-state index in [1.807, 2.05) is 13.0 Å². The molecule has 5 nitrogen and oxygen atoms in total. The maximum absolute atomic E-state index is 13.4. The predicted molar refractivity (Wildman–Crippen MR) is 101 cm³/mol. The molecular weight excluding hydrogens is 394 g/mol. The Morgan fingerprint density at radius 3 is 2.67 bits per heavy atom. The Morgan fingerprint density at radius 1 is 1.26 bits per heavy atom. The number of nitrogens with one attached hydrogen (secondary N) is 1. The molecule has 1 unspecified atom stereocenters. The first kappa shape index (κ1) is 19.5. The lowest BCUT2D eigenvalue weighted by atomic mass is 9.80. The Balaban J connectivity index is 1.44. The van der Waals surface area contributed by atoms with Gasteiger partial charge in [-0.1, -0.05) is 29.3 Å². The van der Waals surface area contributed by atoms with Gasteiger partial charge in [0.05, 0.1) is 16.8 Å². The molecule has 0 aliphatic heterocycles. The van der Waals surface area contributed by atoms with Crippen LogP contribution in [0.1, 0.15) is 13.3 Å². The van der Waals surface area contributed by atoms with Crippen molar-refractivity contribution in [3.63, 3.8) is 0 Å². The van der Waals surface area contributed by atoms with Gasteiger partial charge in [-0.05, 0) is 43.2 Å². The van der Waals surface area contributed by atoms with Crippen molar-refractivity contribution in [2.45, 2.75) is 18.9 Å². The number of pyridine rings is 1. The van der Waals surface area contributed by atoms with Gasteiger partial charge in [-0.3, -0.25) is 4.79 Å². The fourth-order valence-corrected chi connectivity index (χ4v) is 2.99. The van der Waals surface area contributed by atoms with Crippen LogP contribution in [-0.4, -0.2) is 29.6 Å². The number of amides is 1. The SMILES string of the molecule is CC1(NC(=O)COc2ccc(Cl)c(F)c2)C=C(COc2ccc(Cl)nc2)C1. The predicted octanol–water partition coefficient (Wildman–Crippen LogP) is 4.19. The van der Waals surface area contributed by atoms with Crippen LogP contribution < -0.4 is 14.8 Å². The number of rotatable bonds is 7. The van der Waals surface area contributed by atoms with Crippen molar-refractivity contribution in [1.29, 1.82) is 0 Å². The molecule has 1 aromatic heterocycles. The van der Waals surface area contributed by atoms with Gasteiger partial charge in [0.25, 0.3) is 5.91 Å². The Hall–Kier alpha value is -2.31. The van der Waals surface area contributed by atoms with Gasteiger partial charge in [0.1, 0.15) is 29.1 Å². The van der Waals surface area contributed by atoms with Gasteiger partial charge in [0.15, 0.2) is 6.61 Å². The summed E-state index contributed by atoms with van der Waals surface area (Å²) in [7, 11) is 0. The average molecular weight is 411 g/mol. The molecule has 1 aliphatic carbocycles. The minimum Gasteiger partial charge on any atom is -0.488 e. The van der Waals surface area contributed by atoms with Gasteiger partial charge < -0.3 is 14.8 Å². The van der Waals surface area contributed by atoms with Crippen molar-refractivity contribution in [1.82, 2.24) is 10.3 Å². The molecule has 0 saturated carbocycles. The molecular formula is C19H17Cl2FN2O3. The van der Waals surface area contributed by atoms with Crippen LogP contribution in [0, 0.1) is 5.82 Å². The second-order valence-electron chi connectivity index (χ2n) is 6.41. The Morgan fingerprint density at radius 2 is 2.00 bits per heavy atom. The molecule has 1 aliphatic rings. The minimum atomic E-state index is -0.594. The molecule has 0 fully saturated rings. The average Bonchev–Trinajstić information content (AvgIpc) is 2.60. The molecule has 1 N–H and O–H groups in total. The van der Waals surface area contributed by atoms with Crippen LogP contribution in [0.5, 0.6) is 11.5 Å². The maximum atomic E-state index is 13.4. The van der Waals surface area contributed by atoms with Gasteiger partial charge in [0.2, 0.25) is 0 Å². The van der Waals surface area contributed by atoms with Crippen molar-refractivity contribution < 1.29 is 18.7 Å². The molecule has 2 aromatic rings. The van der Waals surface area contributed by atoms with Gasteiger partial charge in [-0.25, -0.2) is 9.37 Å². The summed E-state index contributed by atoms with van der Waals surface area (Å²) >= 11 is 11.3. The van der Waals surface area contributed by atoms with Gasteiger partial charge in [0, 0.05) is 6.07 Å². The number of aromatic nitrogens is 1. The van der Waals surface area contributed by atoms with E-state index in [2.05, 4.69) is 10.3 Å². The lowest BCUT2D eigenvalue weighted by molar-refractivity contribution is -0.124. The van der Waals surface area contributed by atoms with Crippen molar-refractivity contribution in [3.8, 4) is 11.5 Å². The van der Waals surface area contributed by atoms with E-state index in [0.29, 0.717) is 23.9 Å². The summed E-state index contributed by atoms with van der Waals surface area (Å²) in [6.07, 6.45) is 4.16. The highest BCUT2D eigenvalue weighted by molar-refractivity contribution is 6.30. The first-order valence-corrected chi connectivity index (χ1v) is 8.92. The van der Waals surface area contributed by atoms with Crippen LogP contribution >= 0.6 is 23.2 Å². The second-order valence-corrected chi connectivity index (χ2v) is 7.21. The highest BCUT2D eigenvalue weighted by Gasteiger charge is 2.33. The number of hydrogen-bond acceptors (Lipinski definition) is 4. The fraction of sp³-hybridized carbons (Fsp3) is 0.263. The quantitative estimate of drug-likeness (QED) is 0.548. The Kier molecular flexibility index (Phi) is 5.87. The highest BCUT2D eigenvalue weighted by atomic mass is 35.5. The molecule has 1 aromatic carbocycles. The molecule has 0 spiro atoms. The Labute approximate surface area is 166 Å². The lowest BCUT2D eigenvalue weighted by Crippen LogP contribution is -2.51. The summed E-state index contributed by atoms with van der Waals surface area (Å²) in [5.74, 6) is -0.0245. The number of carbonyl (C=O) groups is 1. The third kappa shape index (κ3) is 5.34. The van der Waals surface area contributed by atoms with E-state index in [1.165, 1.54) is 12.1 Å². The first-order valence-electron chi connectivity index (χ1n) is 8.17. The summed E-state index contributed by atoms with van der Waals surface area (Å²) in [6, 6.07) is 7.42. The summed E-state index contributed by atoms with van der Waals surface area (Å²) in [5, 5.41) is 3.29. The van der Waals surface area contributed by atoms with Crippen molar-refractivity contribution in [2.75, 3.05) is 13.2 Å². The third-order valence-electron chi connectivity index (χ3n) is 3.93. The van der Waals surface area contributed by atoms with Crippen molar-refractivity contribution >= 4 is 29.1 Å². The molecule has 0 saturated heterocycles. The standard InChI is InChI=1S/C19H17Cl2FN2O3/c1-19(7-12(8-19)10-26-14-3-5-17(21)23-9-14)24-18(25)11-27-13-2-4-15(20)16(22)6-13/h2-7,9H,8,10-11H2,1H3,(H,24,25). The van der Waals surface area contributed by atoms with Crippen molar-refractivity contribution in [2.24, 2.45) is 0 Å². The van der Waals surface area contributed by atoms with Crippen LogP contribution in [0.15, 0.2) is 48.2 Å². The molecule has 3 rings (SSSR count).